The van der Waals surface area contributed by atoms with E-state index in [0.717, 1.165) is 5.56 Å². The molecule has 2 N–H and O–H groups in total. The van der Waals surface area contributed by atoms with Crippen LogP contribution in [0.3, 0.4) is 0 Å². The van der Waals surface area contributed by atoms with Crippen molar-refractivity contribution in [3.05, 3.63) is 36.2 Å². The number of nitrogen functional groups attached to an aromatic ring is 1. The van der Waals surface area contributed by atoms with Gasteiger partial charge in [0.05, 0.1) is 24.6 Å². The highest BCUT2D eigenvalue weighted by atomic mass is 16.5. The molecule has 0 radical (unpaired) electrons. The lowest BCUT2D eigenvalue weighted by molar-refractivity contribution is 0.101. The number of carbonyl (C=O) groups is 1. The summed E-state index contributed by atoms with van der Waals surface area (Å²) in [6.45, 7) is 1.49. The molecule has 0 amide bonds. The number of anilines is 1. The van der Waals surface area contributed by atoms with E-state index < -0.39 is 0 Å². The van der Waals surface area contributed by atoms with Crippen molar-refractivity contribution in [2.75, 3.05) is 12.8 Å². The summed E-state index contributed by atoms with van der Waals surface area (Å²) in [4.78, 5) is 19.7. The average molecular weight is 243 g/mol. The Morgan fingerprint density at radius 3 is 2.72 bits per heavy atom. The molecule has 0 aliphatic carbocycles. The fourth-order valence-electron chi connectivity index (χ4n) is 1.65. The molecule has 2 rings (SSSR count). The van der Waals surface area contributed by atoms with E-state index in [4.69, 9.17) is 10.5 Å². The fraction of sp³-hybridized carbons (Fsp3) is 0.154. The van der Waals surface area contributed by atoms with Crippen molar-refractivity contribution in [1.82, 2.24) is 9.97 Å². The molecule has 92 valence electrons. The second-order valence-corrected chi connectivity index (χ2v) is 3.80. The van der Waals surface area contributed by atoms with Gasteiger partial charge in [-0.1, -0.05) is 0 Å². The minimum Gasteiger partial charge on any atom is -0.494 e. The standard InChI is InChI=1S/C13H13N3O2/c1-8(17)10-6-11(16-7-12(10)18-2)9-3-4-15-13(14)5-9/h3-7H,1-2H3,(H2,14,15). The van der Waals surface area contributed by atoms with Crippen LogP contribution in [0.25, 0.3) is 11.3 Å². The van der Waals surface area contributed by atoms with E-state index in [1.807, 2.05) is 0 Å². The van der Waals surface area contributed by atoms with E-state index in [2.05, 4.69) is 9.97 Å². The first kappa shape index (κ1) is 12.0. The van der Waals surface area contributed by atoms with Gasteiger partial charge in [-0.25, -0.2) is 4.98 Å². The minimum atomic E-state index is -0.0717. The van der Waals surface area contributed by atoms with Gasteiger partial charge < -0.3 is 10.5 Å². The van der Waals surface area contributed by atoms with Crippen molar-refractivity contribution in [2.24, 2.45) is 0 Å². The van der Waals surface area contributed by atoms with Crippen LogP contribution >= 0.6 is 0 Å². The van der Waals surface area contributed by atoms with Gasteiger partial charge in [0.15, 0.2) is 5.78 Å². The van der Waals surface area contributed by atoms with Crippen molar-refractivity contribution in [3.8, 4) is 17.0 Å². The summed E-state index contributed by atoms with van der Waals surface area (Å²) in [5, 5.41) is 0. The van der Waals surface area contributed by atoms with Gasteiger partial charge in [-0.3, -0.25) is 9.78 Å². The minimum absolute atomic E-state index is 0.0717. The van der Waals surface area contributed by atoms with Crippen molar-refractivity contribution in [3.63, 3.8) is 0 Å². The zero-order valence-corrected chi connectivity index (χ0v) is 10.2. The molecule has 0 aliphatic heterocycles. The Morgan fingerprint density at radius 1 is 1.33 bits per heavy atom. The van der Waals surface area contributed by atoms with Gasteiger partial charge >= 0.3 is 0 Å². The first-order valence-corrected chi connectivity index (χ1v) is 5.38. The Kier molecular flexibility index (Phi) is 3.23. The maximum absolute atomic E-state index is 11.5. The van der Waals surface area contributed by atoms with E-state index >= 15 is 0 Å². The summed E-state index contributed by atoms with van der Waals surface area (Å²) >= 11 is 0. The lowest BCUT2D eigenvalue weighted by Crippen LogP contribution is -2.00. The molecule has 2 aromatic rings. The summed E-state index contributed by atoms with van der Waals surface area (Å²) in [6, 6.07) is 5.18. The quantitative estimate of drug-likeness (QED) is 0.833. The smallest absolute Gasteiger partial charge is 0.163 e. The summed E-state index contributed by atoms with van der Waals surface area (Å²) < 4.78 is 5.10. The SMILES string of the molecule is COc1cnc(-c2ccnc(N)c2)cc1C(C)=O. The van der Waals surface area contributed by atoms with Crippen molar-refractivity contribution in [1.29, 1.82) is 0 Å². The highest BCUT2D eigenvalue weighted by Gasteiger charge is 2.11. The molecule has 0 aromatic carbocycles. The monoisotopic (exact) mass is 243 g/mol. The summed E-state index contributed by atoms with van der Waals surface area (Å²) in [5.41, 5.74) is 7.59. The molecule has 5 nitrogen and oxygen atoms in total. The first-order valence-electron chi connectivity index (χ1n) is 5.38. The Labute approximate surface area is 105 Å². The molecule has 0 aliphatic rings. The van der Waals surface area contributed by atoms with Crippen LogP contribution in [0.1, 0.15) is 17.3 Å². The Bertz CT molecular complexity index is 597. The number of methoxy groups -OCH3 is 1. The van der Waals surface area contributed by atoms with Gasteiger partial charge in [-0.15, -0.1) is 0 Å². The van der Waals surface area contributed by atoms with Gasteiger partial charge in [0, 0.05) is 11.8 Å². The van der Waals surface area contributed by atoms with Crippen LogP contribution in [-0.2, 0) is 0 Å². The number of hydrogen-bond donors (Lipinski definition) is 1. The van der Waals surface area contributed by atoms with E-state index in [-0.39, 0.29) is 5.78 Å². The van der Waals surface area contributed by atoms with Crippen molar-refractivity contribution in [2.45, 2.75) is 6.92 Å². The second-order valence-electron chi connectivity index (χ2n) is 3.80. The third-order valence-electron chi connectivity index (χ3n) is 2.54. The van der Waals surface area contributed by atoms with Crippen LogP contribution in [-0.4, -0.2) is 22.9 Å². The number of nitrogens with zero attached hydrogens (tertiary/aromatic N) is 2. The lowest BCUT2D eigenvalue weighted by atomic mass is 10.1. The van der Waals surface area contributed by atoms with Gasteiger partial charge in [-0.2, -0.15) is 0 Å². The molecule has 0 atom stereocenters. The number of ether oxygens (including phenoxy) is 1. The zero-order valence-electron chi connectivity index (χ0n) is 10.2. The van der Waals surface area contributed by atoms with E-state index in [1.165, 1.54) is 20.2 Å². The molecule has 2 aromatic heterocycles. The van der Waals surface area contributed by atoms with E-state index in [1.54, 1.807) is 24.4 Å². The molecule has 0 fully saturated rings. The molecule has 0 saturated heterocycles. The molecule has 18 heavy (non-hydrogen) atoms. The van der Waals surface area contributed by atoms with Crippen LogP contribution < -0.4 is 10.5 Å². The third kappa shape index (κ3) is 2.29. The summed E-state index contributed by atoms with van der Waals surface area (Å²) in [6.07, 6.45) is 3.13. The van der Waals surface area contributed by atoms with E-state index in [9.17, 15) is 4.79 Å². The number of Topliss-reactive ketones (excluding diaryl/α,β-unsaturated/α-hetero) is 1. The Morgan fingerprint density at radius 2 is 2.11 bits per heavy atom. The number of carbonyl (C=O) groups excluding carboxylic acids is 1. The van der Waals surface area contributed by atoms with Crippen molar-refractivity contribution >= 4 is 11.6 Å². The highest BCUT2D eigenvalue weighted by Crippen LogP contribution is 2.24. The molecular weight excluding hydrogens is 230 g/mol. The predicted octanol–water partition coefficient (Wildman–Crippen LogP) is 1.94. The Hall–Kier alpha value is -2.43. The molecule has 2 heterocycles. The summed E-state index contributed by atoms with van der Waals surface area (Å²) in [7, 11) is 1.51. The molecule has 0 unspecified atom stereocenters. The average Bonchev–Trinajstić information content (AvgIpc) is 2.38. The van der Waals surface area contributed by atoms with Crippen LogP contribution in [0.5, 0.6) is 5.75 Å². The first-order chi connectivity index (χ1) is 8.61. The number of pyridine rings is 2. The molecule has 0 bridgehead atoms. The number of nitrogens with two attached hydrogens (primary N) is 1. The molecule has 0 spiro atoms. The second kappa shape index (κ2) is 4.83. The molecular formula is C13H13N3O2. The molecule has 0 saturated carbocycles. The third-order valence-corrected chi connectivity index (χ3v) is 2.54. The topological polar surface area (TPSA) is 78.1 Å². The van der Waals surface area contributed by atoms with Crippen LogP contribution in [0.15, 0.2) is 30.6 Å². The maximum atomic E-state index is 11.5. The summed E-state index contributed by atoms with van der Waals surface area (Å²) in [5.74, 6) is 0.806. The largest absolute Gasteiger partial charge is 0.494 e. The lowest BCUT2D eigenvalue weighted by Gasteiger charge is -2.08. The van der Waals surface area contributed by atoms with Crippen LogP contribution in [0.2, 0.25) is 0 Å². The number of aromatic nitrogens is 2. The fourth-order valence-corrected chi connectivity index (χ4v) is 1.65. The van der Waals surface area contributed by atoms with Crippen LogP contribution in [0.4, 0.5) is 5.82 Å². The molecule has 5 heteroatoms. The van der Waals surface area contributed by atoms with Gasteiger partial charge in [0.25, 0.3) is 0 Å². The van der Waals surface area contributed by atoms with Gasteiger partial charge in [-0.05, 0) is 25.1 Å². The normalized spacial score (nSPS) is 10.1. The van der Waals surface area contributed by atoms with E-state index in [0.29, 0.717) is 22.8 Å². The van der Waals surface area contributed by atoms with Crippen LogP contribution in [0, 0.1) is 0 Å². The number of ketones is 1. The predicted molar refractivity (Wildman–Crippen MR) is 68.4 cm³/mol. The zero-order chi connectivity index (χ0) is 13.1. The Balaban J connectivity index is 2.53. The number of hydrogen-bond acceptors (Lipinski definition) is 5. The van der Waals surface area contributed by atoms with Crippen molar-refractivity contribution < 1.29 is 9.53 Å². The number of rotatable bonds is 3. The van der Waals surface area contributed by atoms with Gasteiger partial charge in [0.1, 0.15) is 11.6 Å². The maximum Gasteiger partial charge on any atom is 0.163 e. The van der Waals surface area contributed by atoms with Gasteiger partial charge in [0.2, 0.25) is 0 Å². The highest BCUT2D eigenvalue weighted by molar-refractivity contribution is 5.97.